The van der Waals surface area contributed by atoms with Crippen molar-refractivity contribution >= 4 is 5.91 Å². The molecule has 2 N–H and O–H groups in total. The van der Waals surface area contributed by atoms with E-state index >= 15 is 0 Å². The monoisotopic (exact) mass is 212 g/mol. The van der Waals surface area contributed by atoms with E-state index in [4.69, 9.17) is 4.74 Å². The summed E-state index contributed by atoms with van der Waals surface area (Å²) in [6.45, 7) is 1.67. The molecule has 4 nitrogen and oxygen atoms in total. The molecular weight excluding hydrogens is 192 g/mol. The van der Waals surface area contributed by atoms with Crippen LogP contribution >= 0.6 is 0 Å². The Morgan fingerprint density at radius 1 is 1.53 bits per heavy atom. The van der Waals surface area contributed by atoms with E-state index in [2.05, 4.69) is 10.6 Å². The average Bonchev–Trinajstić information content (AvgIpc) is 2.97. The van der Waals surface area contributed by atoms with Gasteiger partial charge in [0.25, 0.3) is 0 Å². The number of amides is 1. The molecule has 4 heteroatoms. The molecule has 15 heavy (non-hydrogen) atoms. The van der Waals surface area contributed by atoms with E-state index < -0.39 is 0 Å². The van der Waals surface area contributed by atoms with Gasteiger partial charge < -0.3 is 15.4 Å². The van der Waals surface area contributed by atoms with Crippen LogP contribution < -0.4 is 10.6 Å². The van der Waals surface area contributed by atoms with Crippen LogP contribution in [0.5, 0.6) is 0 Å². The fourth-order valence-corrected chi connectivity index (χ4v) is 2.16. The number of ether oxygens (including phenoxy) is 1. The van der Waals surface area contributed by atoms with Crippen LogP contribution in [0.4, 0.5) is 0 Å². The van der Waals surface area contributed by atoms with Crippen LogP contribution in [0.25, 0.3) is 0 Å². The first kappa shape index (κ1) is 10.9. The van der Waals surface area contributed by atoms with E-state index in [-0.39, 0.29) is 5.91 Å². The van der Waals surface area contributed by atoms with Crippen LogP contribution in [0.2, 0.25) is 0 Å². The first-order valence-electron chi connectivity index (χ1n) is 5.81. The number of nitrogens with one attached hydrogen (secondary N) is 2. The third-order valence-corrected chi connectivity index (χ3v) is 3.25. The smallest absolute Gasteiger partial charge is 0.220 e. The third kappa shape index (κ3) is 3.18. The summed E-state index contributed by atoms with van der Waals surface area (Å²) < 4.78 is 5.19. The molecule has 1 saturated heterocycles. The molecule has 2 fully saturated rings. The van der Waals surface area contributed by atoms with Crippen LogP contribution in [0.15, 0.2) is 0 Å². The second kappa shape index (κ2) is 4.94. The molecule has 86 valence electrons. The van der Waals surface area contributed by atoms with Crippen LogP contribution in [-0.4, -0.2) is 38.3 Å². The first-order valence-corrected chi connectivity index (χ1v) is 5.81. The Morgan fingerprint density at radius 3 is 2.87 bits per heavy atom. The Bertz CT molecular complexity index is 229. The lowest BCUT2D eigenvalue weighted by Gasteiger charge is -2.19. The van der Waals surface area contributed by atoms with E-state index in [0.29, 0.717) is 18.5 Å². The van der Waals surface area contributed by atoms with Gasteiger partial charge in [0.1, 0.15) is 0 Å². The van der Waals surface area contributed by atoms with Gasteiger partial charge >= 0.3 is 0 Å². The molecule has 2 aliphatic rings. The minimum atomic E-state index is 0.191. The topological polar surface area (TPSA) is 50.4 Å². The highest BCUT2D eigenvalue weighted by Gasteiger charge is 2.31. The lowest BCUT2D eigenvalue weighted by Crippen LogP contribution is -2.43. The quantitative estimate of drug-likeness (QED) is 0.665. The number of rotatable bonds is 6. The molecule has 0 aromatic rings. The van der Waals surface area contributed by atoms with E-state index in [1.807, 2.05) is 0 Å². The largest absolute Gasteiger partial charge is 0.383 e. The predicted molar refractivity (Wildman–Crippen MR) is 57.6 cm³/mol. The van der Waals surface area contributed by atoms with Crippen molar-refractivity contribution in [2.24, 2.45) is 5.92 Å². The number of methoxy groups -OCH3 is 1. The van der Waals surface area contributed by atoms with Gasteiger partial charge in [0.2, 0.25) is 5.91 Å². The van der Waals surface area contributed by atoms with Gasteiger partial charge in [-0.2, -0.15) is 0 Å². The summed E-state index contributed by atoms with van der Waals surface area (Å²) >= 11 is 0. The van der Waals surface area contributed by atoms with Gasteiger partial charge in [-0.3, -0.25) is 4.79 Å². The molecule has 1 aliphatic heterocycles. The van der Waals surface area contributed by atoms with Gasteiger partial charge in [0.15, 0.2) is 0 Å². The van der Waals surface area contributed by atoms with Crippen molar-refractivity contribution in [3.63, 3.8) is 0 Å². The Labute approximate surface area is 90.8 Å². The molecule has 1 heterocycles. The fourth-order valence-electron chi connectivity index (χ4n) is 2.16. The summed E-state index contributed by atoms with van der Waals surface area (Å²) in [5, 5.41) is 6.47. The maximum Gasteiger partial charge on any atom is 0.220 e. The lowest BCUT2D eigenvalue weighted by molar-refractivity contribution is -0.119. The number of hydrogen-bond acceptors (Lipinski definition) is 3. The van der Waals surface area contributed by atoms with E-state index in [1.54, 1.807) is 7.11 Å². The van der Waals surface area contributed by atoms with Crippen LogP contribution in [0, 0.1) is 5.92 Å². The highest BCUT2D eigenvalue weighted by molar-refractivity contribution is 5.78. The first-order chi connectivity index (χ1) is 7.29. The summed E-state index contributed by atoms with van der Waals surface area (Å²) in [6.07, 6.45) is 4.29. The molecule has 1 saturated carbocycles. The Kier molecular flexibility index (Phi) is 3.59. The molecule has 2 unspecified atom stereocenters. The molecule has 2 atom stereocenters. The summed E-state index contributed by atoms with van der Waals surface area (Å²) in [5.41, 5.74) is 0. The van der Waals surface area contributed by atoms with E-state index in [0.717, 1.165) is 25.5 Å². The standard InChI is InChI=1S/C11H20N2O2/c1-15-7-10(8-2-3-8)12-6-9-4-5-11(14)13-9/h8-10,12H,2-7H2,1H3,(H,13,14). The minimum absolute atomic E-state index is 0.191. The summed E-state index contributed by atoms with van der Waals surface area (Å²) in [4.78, 5) is 11.0. The molecular formula is C11H20N2O2. The van der Waals surface area contributed by atoms with Gasteiger partial charge in [-0.1, -0.05) is 0 Å². The van der Waals surface area contributed by atoms with Gasteiger partial charge in [0, 0.05) is 32.2 Å². The summed E-state index contributed by atoms with van der Waals surface area (Å²) in [6, 6.07) is 0.808. The Morgan fingerprint density at radius 2 is 2.33 bits per heavy atom. The van der Waals surface area contributed by atoms with Crippen molar-refractivity contribution in [3.05, 3.63) is 0 Å². The van der Waals surface area contributed by atoms with Crippen molar-refractivity contribution in [1.82, 2.24) is 10.6 Å². The molecule has 0 aromatic carbocycles. The van der Waals surface area contributed by atoms with Crippen LogP contribution in [-0.2, 0) is 9.53 Å². The van der Waals surface area contributed by atoms with E-state index in [1.165, 1.54) is 12.8 Å². The van der Waals surface area contributed by atoms with Crippen molar-refractivity contribution in [1.29, 1.82) is 0 Å². The summed E-state index contributed by atoms with van der Waals surface area (Å²) in [5.74, 6) is 0.985. The Hall–Kier alpha value is -0.610. The molecule has 1 aliphatic carbocycles. The average molecular weight is 212 g/mol. The molecule has 0 bridgehead atoms. The molecule has 0 radical (unpaired) electrons. The highest BCUT2D eigenvalue weighted by Crippen LogP contribution is 2.32. The zero-order valence-electron chi connectivity index (χ0n) is 9.29. The zero-order chi connectivity index (χ0) is 10.7. The third-order valence-electron chi connectivity index (χ3n) is 3.25. The van der Waals surface area contributed by atoms with Crippen LogP contribution in [0.1, 0.15) is 25.7 Å². The van der Waals surface area contributed by atoms with Crippen molar-refractivity contribution in [2.45, 2.75) is 37.8 Å². The van der Waals surface area contributed by atoms with Crippen molar-refractivity contribution in [3.8, 4) is 0 Å². The number of hydrogen-bond donors (Lipinski definition) is 2. The second-order valence-electron chi connectivity index (χ2n) is 4.61. The van der Waals surface area contributed by atoms with Gasteiger partial charge in [-0.15, -0.1) is 0 Å². The lowest BCUT2D eigenvalue weighted by atomic mass is 10.1. The normalized spacial score (nSPS) is 27.8. The van der Waals surface area contributed by atoms with Crippen molar-refractivity contribution < 1.29 is 9.53 Å². The molecule has 1 amide bonds. The predicted octanol–water partition coefficient (Wildman–Crippen LogP) is 0.280. The van der Waals surface area contributed by atoms with Gasteiger partial charge in [0.05, 0.1) is 6.61 Å². The van der Waals surface area contributed by atoms with E-state index in [9.17, 15) is 4.79 Å². The van der Waals surface area contributed by atoms with Gasteiger partial charge in [-0.05, 0) is 25.2 Å². The second-order valence-corrected chi connectivity index (χ2v) is 4.61. The minimum Gasteiger partial charge on any atom is -0.383 e. The van der Waals surface area contributed by atoms with Crippen molar-refractivity contribution in [2.75, 3.05) is 20.3 Å². The molecule has 0 spiro atoms. The van der Waals surface area contributed by atoms with Gasteiger partial charge in [-0.25, -0.2) is 0 Å². The summed E-state index contributed by atoms with van der Waals surface area (Å²) in [7, 11) is 1.74. The SMILES string of the molecule is COCC(NCC1CCC(=O)N1)C1CC1. The highest BCUT2D eigenvalue weighted by atomic mass is 16.5. The number of carbonyl (C=O) groups excluding carboxylic acids is 1. The maximum atomic E-state index is 11.0. The Balaban J connectivity index is 1.68. The molecule has 2 rings (SSSR count). The fraction of sp³-hybridized carbons (Fsp3) is 0.909. The molecule has 0 aromatic heterocycles. The van der Waals surface area contributed by atoms with Crippen LogP contribution in [0.3, 0.4) is 0 Å². The maximum absolute atomic E-state index is 11.0. The number of carbonyl (C=O) groups is 1. The zero-order valence-corrected chi connectivity index (χ0v) is 9.29.